The largest absolute Gasteiger partial charge is 0.355 e. The first-order valence-electron chi connectivity index (χ1n) is 6.10. The summed E-state index contributed by atoms with van der Waals surface area (Å²) in [5.41, 5.74) is -0.122. The number of nitrogens with zero attached hydrogens (tertiary/aromatic N) is 3. The van der Waals surface area contributed by atoms with Gasteiger partial charge in [0.15, 0.2) is 0 Å². The third-order valence-corrected chi connectivity index (χ3v) is 3.85. The Hall–Kier alpha value is -1.41. The second-order valence-electron chi connectivity index (χ2n) is 4.87. The number of hydrogen-bond donors (Lipinski definition) is 1. The van der Waals surface area contributed by atoms with Crippen molar-refractivity contribution in [3.05, 3.63) is 22.7 Å². The Balaban J connectivity index is 2.12. The number of sulfonamides is 1. The van der Waals surface area contributed by atoms with E-state index < -0.39 is 10.0 Å². The summed E-state index contributed by atoms with van der Waals surface area (Å²) in [6.45, 7) is 1.31. The lowest BCUT2D eigenvalue weighted by molar-refractivity contribution is 0.465. The Morgan fingerprint density at radius 2 is 2.21 bits per heavy atom. The molecule has 1 saturated heterocycles. The summed E-state index contributed by atoms with van der Waals surface area (Å²) in [4.78, 5) is 17.7. The van der Waals surface area contributed by atoms with Crippen molar-refractivity contribution < 1.29 is 8.42 Å². The van der Waals surface area contributed by atoms with E-state index in [2.05, 4.69) is 9.71 Å². The quantitative estimate of drug-likeness (QED) is 0.794. The monoisotopic (exact) mass is 286 g/mol. The van der Waals surface area contributed by atoms with Gasteiger partial charge in [0.25, 0.3) is 5.56 Å². The number of aryl methyl sites for hydroxylation is 1. The molecule has 1 N–H and O–H groups in total. The third-order valence-electron chi connectivity index (χ3n) is 3.09. The summed E-state index contributed by atoms with van der Waals surface area (Å²) < 4.78 is 26.5. The molecule has 1 aromatic heterocycles. The van der Waals surface area contributed by atoms with Gasteiger partial charge in [0.1, 0.15) is 5.82 Å². The fourth-order valence-corrected chi connectivity index (χ4v) is 3.01. The van der Waals surface area contributed by atoms with E-state index in [1.54, 1.807) is 7.05 Å². The summed E-state index contributed by atoms with van der Waals surface area (Å²) in [6, 6.07) is 1.35. The van der Waals surface area contributed by atoms with Crippen molar-refractivity contribution in [3.8, 4) is 0 Å². The van der Waals surface area contributed by atoms with E-state index in [0.717, 1.165) is 25.6 Å². The van der Waals surface area contributed by atoms with Crippen LogP contribution in [0.25, 0.3) is 0 Å². The highest BCUT2D eigenvalue weighted by Crippen LogP contribution is 2.16. The molecule has 0 aliphatic carbocycles. The van der Waals surface area contributed by atoms with Gasteiger partial charge in [0, 0.05) is 32.2 Å². The zero-order chi connectivity index (χ0) is 14.0. The van der Waals surface area contributed by atoms with Crippen molar-refractivity contribution in [2.45, 2.75) is 18.9 Å². The van der Waals surface area contributed by atoms with Gasteiger partial charge in [-0.05, 0) is 12.8 Å². The lowest BCUT2D eigenvalue weighted by Gasteiger charge is -2.33. The van der Waals surface area contributed by atoms with Crippen molar-refractivity contribution >= 4 is 15.8 Å². The SMILES string of the molecule is Cn1cnc(N2CCCC(NS(C)(=O)=O)C2)cc1=O. The van der Waals surface area contributed by atoms with Crippen LogP contribution in [0, 0.1) is 0 Å². The minimum absolute atomic E-state index is 0.122. The van der Waals surface area contributed by atoms with Gasteiger partial charge in [-0.3, -0.25) is 4.79 Å². The molecule has 1 unspecified atom stereocenters. The average Bonchev–Trinajstić information content (AvgIpc) is 2.31. The second-order valence-corrected chi connectivity index (χ2v) is 6.65. The van der Waals surface area contributed by atoms with E-state index in [4.69, 9.17) is 0 Å². The average molecular weight is 286 g/mol. The molecule has 1 aliphatic rings. The second kappa shape index (κ2) is 5.30. The molecule has 1 aliphatic heterocycles. The van der Waals surface area contributed by atoms with Crippen molar-refractivity contribution in [2.75, 3.05) is 24.2 Å². The van der Waals surface area contributed by atoms with Crippen LogP contribution in [0.2, 0.25) is 0 Å². The number of rotatable bonds is 3. The standard InChI is InChI=1S/C11H18N4O3S/c1-14-8-12-10(6-11(14)16)15-5-3-4-9(7-15)13-19(2,17)18/h6,8-9,13H,3-5,7H2,1-2H3. The third kappa shape index (κ3) is 3.77. The first-order chi connectivity index (χ1) is 8.85. The maximum atomic E-state index is 11.6. The van der Waals surface area contributed by atoms with E-state index in [1.165, 1.54) is 17.0 Å². The molecule has 2 heterocycles. The predicted molar refractivity (Wildman–Crippen MR) is 72.7 cm³/mol. The smallest absolute Gasteiger partial charge is 0.255 e. The van der Waals surface area contributed by atoms with E-state index in [-0.39, 0.29) is 11.6 Å². The highest BCUT2D eigenvalue weighted by molar-refractivity contribution is 7.88. The van der Waals surface area contributed by atoms with Crippen LogP contribution in [0.15, 0.2) is 17.2 Å². The van der Waals surface area contributed by atoms with Crippen LogP contribution in [0.1, 0.15) is 12.8 Å². The summed E-state index contributed by atoms with van der Waals surface area (Å²) >= 11 is 0. The maximum absolute atomic E-state index is 11.6. The fourth-order valence-electron chi connectivity index (χ4n) is 2.21. The van der Waals surface area contributed by atoms with Gasteiger partial charge in [0.2, 0.25) is 10.0 Å². The molecule has 0 saturated carbocycles. The van der Waals surface area contributed by atoms with E-state index in [1.807, 2.05) is 4.90 Å². The van der Waals surface area contributed by atoms with E-state index in [0.29, 0.717) is 12.4 Å². The van der Waals surface area contributed by atoms with Gasteiger partial charge in [0.05, 0.1) is 12.6 Å². The molecular weight excluding hydrogens is 268 g/mol. The van der Waals surface area contributed by atoms with Crippen LogP contribution in [-0.4, -0.2) is 43.4 Å². The summed E-state index contributed by atoms with van der Waals surface area (Å²) in [5.74, 6) is 0.600. The van der Waals surface area contributed by atoms with E-state index in [9.17, 15) is 13.2 Å². The van der Waals surface area contributed by atoms with Crippen LogP contribution in [0.5, 0.6) is 0 Å². The van der Waals surface area contributed by atoms with Gasteiger partial charge in [-0.1, -0.05) is 0 Å². The minimum atomic E-state index is -3.21. The van der Waals surface area contributed by atoms with Crippen LogP contribution in [0.4, 0.5) is 5.82 Å². The molecule has 106 valence electrons. The highest BCUT2D eigenvalue weighted by Gasteiger charge is 2.23. The Labute approximate surface area is 112 Å². The number of aromatic nitrogens is 2. The molecule has 19 heavy (non-hydrogen) atoms. The van der Waals surface area contributed by atoms with Gasteiger partial charge >= 0.3 is 0 Å². The van der Waals surface area contributed by atoms with Crippen LogP contribution in [-0.2, 0) is 17.1 Å². The summed E-state index contributed by atoms with van der Waals surface area (Å²) in [6.07, 6.45) is 4.30. The molecule has 0 aromatic carbocycles. The van der Waals surface area contributed by atoms with Crippen molar-refractivity contribution in [1.82, 2.24) is 14.3 Å². The van der Waals surface area contributed by atoms with Gasteiger partial charge in [-0.25, -0.2) is 18.1 Å². The highest BCUT2D eigenvalue weighted by atomic mass is 32.2. The number of hydrogen-bond acceptors (Lipinski definition) is 5. The van der Waals surface area contributed by atoms with Crippen molar-refractivity contribution in [3.63, 3.8) is 0 Å². The molecule has 1 atom stereocenters. The molecule has 0 bridgehead atoms. The topological polar surface area (TPSA) is 84.3 Å². The molecule has 8 heteroatoms. The molecular formula is C11H18N4O3S. The predicted octanol–water partition coefficient (Wildman–Crippen LogP) is -0.702. The molecule has 1 fully saturated rings. The van der Waals surface area contributed by atoms with Crippen LogP contribution < -0.4 is 15.2 Å². The maximum Gasteiger partial charge on any atom is 0.255 e. The Kier molecular flexibility index (Phi) is 3.91. The minimum Gasteiger partial charge on any atom is -0.355 e. The number of piperidine rings is 1. The van der Waals surface area contributed by atoms with Crippen molar-refractivity contribution in [1.29, 1.82) is 0 Å². The van der Waals surface area contributed by atoms with Gasteiger partial charge in [-0.2, -0.15) is 0 Å². The Morgan fingerprint density at radius 1 is 1.47 bits per heavy atom. The molecule has 1 aromatic rings. The summed E-state index contributed by atoms with van der Waals surface area (Å²) in [7, 11) is -1.56. The summed E-state index contributed by atoms with van der Waals surface area (Å²) in [5, 5.41) is 0. The zero-order valence-corrected chi connectivity index (χ0v) is 11.9. The van der Waals surface area contributed by atoms with Crippen LogP contribution >= 0.6 is 0 Å². The van der Waals surface area contributed by atoms with Gasteiger partial charge < -0.3 is 9.47 Å². The fraction of sp³-hybridized carbons (Fsp3) is 0.636. The Bertz CT molecular complexity index is 611. The number of anilines is 1. The lowest BCUT2D eigenvalue weighted by Crippen LogP contribution is -2.48. The molecule has 2 rings (SSSR count). The lowest BCUT2D eigenvalue weighted by atomic mass is 10.1. The molecule has 7 nitrogen and oxygen atoms in total. The molecule has 0 spiro atoms. The first-order valence-corrected chi connectivity index (χ1v) is 7.99. The first kappa shape index (κ1) is 14.0. The molecule has 0 amide bonds. The normalized spacial score (nSPS) is 20.5. The van der Waals surface area contributed by atoms with Crippen LogP contribution in [0.3, 0.4) is 0 Å². The number of nitrogens with one attached hydrogen (secondary N) is 1. The van der Waals surface area contributed by atoms with Gasteiger partial charge in [-0.15, -0.1) is 0 Å². The van der Waals surface area contributed by atoms with E-state index >= 15 is 0 Å². The zero-order valence-electron chi connectivity index (χ0n) is 11.0. The molecule has 0 radical (unpaired) electrons. The van der Waals surface area contributed by atoms with Crippen molar-refractivity contribution in [2.24, 2.45) is 7.05 Å². The Morgan fingerprint density at radius 3 is 2.84 bits per heavy atom.